The van der Waals surface area contributed by atoms with Gasteiger partial charge in [-0.2, -0.15) is 0 Å². The van der Waals surface area contributed by atoms with Crippen LogP contribution in [0.3, 0.4) is 0 Å². The Morgan fingerprint density at radius 2 is 2.00 bits per heavy atom. The zero-order valence-corrected chi connectivity index (χ0v) is 12.0. The number of amides is 1. The molecule has 0 aliphatic carbocycles. The topological polar surface area (TPSA) is 59.2 Å². The third kappa shape index (κ3) is 3.48. The highest BCUT2D eigenvalue weighted by Crippen LogP contribution is 2.20. The van der Waals surface area contributed by atoms with Crippen LogP contribution in [0.15, 0.2) is 42.7 Å². The molecule has 2 rings (SSSR count). The fourth-order valence-corrected chi connectivity index (χ4v) is 2.06. The monoisotopic (exact) mass is 289 g/mol. The van der Waals surface area contributed by atoms with Gasteiger partial charge in [0.05, 0.1) is 10.6 Å². The predicted molar refractivity (Wildman–Crippen MR) is 80.8 cm³/mol. The third-order valence-corrected chi connectivity index (χ3v) is 3.38. The van der Waals surface area contributed by atoms with Crippen LogP contribution in [0, 0.1) is 0 Å². The molecule has 1 amide bonds. The van der Waals surface area contributed by atoms with Gasteiger partial charge in [0.1, 0.15) is 0 Å². The number of halogens is 1. The molecule has 0 aliphatic rings. The summed E-state index contributed by atoms with van der Waals surface area (Å²) >= 11 is 6.04. The SMILES string of the molecule is CN(CCc1ccncc1)C(=O)c1cc(N)ccc1Cl. The lowest BCUT2D eigenvalue weighted by atomic mass is 10.1. The molecule has 0 fully saturated rings. The number of benzene rings is 1. The Morgan fingerprint density at radius 3 is 2.70 bits per heavy atom. The van der Waals surface area contributed by atoms with E-state index in [4.69, 9.17) is 17.3 Å². The van der Waals surface area contributed by atoms with Crippen LogP contribution in [0.5, 0.6) is 0 Å². The van der Waals surface area contributed by atoms with Crippen molar-refractivity contribution in [2.75, 3.05) is 19.3 Å². The first-order valence-corrected chi connectivity index (χ1v) is 6.65. The average Bonchev–Trinajstić information content (AvgIpc) is 2.47. The Labute approximate surface area is 123 Å². The molecule has 104 valence electrons. The molecule has 0 atom stereocenters. The predicted octanol–water partition coefficient (Wildman–Crippen LogP) is 2.63. The molecule has 0 unspecified atom stereocenters. The number of carbonyl (C=O) groups is 1. The highest BCUT2D eigenvalue weighted by molar-refractivity contribution is 6.33. The fourth-order valence-electron chi connectivity index (χ4n) is 1.86. The van der Waals surface area contributed by atoms with Gasteiger partial charge in [-0.25, -0.2) is 0 Å². The van der Waals surface area contributed by atoms with E-state index < -0.39 is 0 Å². The minimum absolute atomic E-state index is 0.128. The Hall–Kier alpha value is -2.07. The number of pyridine rings is 1. The maximum absolute atomic E-state index is 12.3. The molecule has 0 saturated heterocycles. The van der Waals surface area contributed by atoms with Crippen LogP contribution in [-0.4, -0.2) is 29.4 Å². The third-order valence-electron chi connectivity index (χ3n) is 3.05. The Kier molecular flexibility index (Phi) is 4.58. The molecule has 2 N–H and O–H groups in total. The minimum Gasteiger partial charge on any atom is -0.399 e. The van der Waals surface area contributed by atoms with Gasteiger partial charge >= 0.3 is 0 Å². The van der Waals surface area contributed by atoms with Crippen LogP contribution >= 0.6 is 11.6 Å². The van der Waals surface area contributed by atoms with E-state index in [2.05, 4.69) is 4.98 Å². The lowest BCUT2D eigenvalue weighted by Gasteiger charge is -2.18. The first kappa shape index (κ1) is 14.3. The van der Waals surface area contributed by atoms with E-state index in [1.165, 1.54) is 0 Å². The molecule has 0 radical (unpaired) electrons. The summed E-state index contributed by atoms with van der Waals surface area (Å²) < 4.78 is 0. The van der Waals surface area contributed by atoms with E-state index in [-0.39, 0.29) is 5.91 Å². The molecule has 2 aromatic rings. The molecule has 0 saturated carbocycles. The van der Waals surface area contributed by atoms with Crippen molar-refractivity contribution in [3.8, 4) is 0 Å². The summed E-state index contributed by atoms with van der Waals surface area (Å²) in [5.41, 5.74) is 7.79. The minimum atomic E-state index is -0.128. The van der Waals surface area contributed by atoms with Gasteiger partial charge < -0.3 is 10.6 Å². The van der Waals surface area contributed by atoms with Crippen LogP contribution in [-0.2, 0) is 6.42 Å². The number of nitrogens with two attached hydrogens (primary N) is 1. The standard InChI is InChI=1S/C15H16ClN3O/c1-19(9-6-11-4-7-18-8-5-11)15(20)13-10-12(17)2-3-14(13)16/h2-5,7-8,10H,6,9,17H2,1H3. The molecule has 1 aromatic carbocycles. The molecule has 20 heavy (non-hydrogen) atoms. The first-order chi connectivity index (χ1) is 9.58. The Bertz CT molecular complexity index is 601. The number of hydrogen-bond acceptors (Lipinski definition) is 3. The average molecular weight is 290 g/mol. The Morgan fingerprint density at radius 1 is 1.30 bits per heavy atom. The molecular formula is C15H16ClN3O. The number of hydrogen-bond donors (Lipinski definition) is 1. The van der Waals surface area contributed by atoms with Gasteiger partial charge in [-0.1, -0.05) is 11.6 Å². The van der Waals surface area contributed by atoms with Gasteiger partial charge in [0.2, 0.25) is 0 Å². The number of anilines is 1. The van der Waals surface area contributed by atoms with Gasteiger partial charge in [0, 0.05) is 31.7 Å². The van der Waals surface area contributed by atoms with Crippen molar-refractivity contribution in [3.05, 3.63) is 58.9 Å². The van der Waals surface area contributed by atoms with Crippen molar-refractivity contribution >= 4 is 23.2 Å². The molecule has 0 spiro atoms. The lowest BCUT2D eigenvalue weighted by Crippen LogP contribution is -2.29. The molecule has 0 bridgehead atoms. The lowest BCUT2D eigenvalue weighted by molar-refractivity contribution is 0.0797. The normalized spacial score (nSPS) is 10.3. The van der Waals surface area contributed by atoms with Gasteiger partial charge in [-0.15, -0.1) is 0 Å². The fraction of sp³-hybridized carbons (Fsp3) is 0.200. The van der Waals surface area contributed by atoms with Gasteiger partial charge in [-0.05, 0) is 42.3 Å². The number of carbonyl (C=O) groups excluding carboxylic acids is 1. The number of rotatable bonds is 4. The summed E-state index contributed by atoms with van der Waals surface area (Å²) in [5.74, 6) is -0.128. The number of nitrogens with zero attached hydrogens (tertiary/aromatic N) is 2. The summed E-state index contributed by atoms with van der Waals surface area (Å²) in [7, 11) is 1.75. The van der Waals surface area contributed by atoms with E-state index in [1.54, 1.807) is 42.5 Å². The maximum atomic E-state index is 12.3. The van der Waals surface area contributed by atoms with Crippen molar-refractivity contribution in [2.24, 2.45) is 0 Å². The highest BCUT2D eigenvalue weighted by Gasteiger charge is 2.15. The first-order valence-electron chi connectivity index (χ1n) is 6.27. The van der Waals surface area contributed by atoms with E-state index in [1.807, 2.05) is 12.1 Å². The number of nitrogen functional groups attached to an aromatic ring is 1. The van der Waals surface area contributed by atoms with E-state index >= 15 is 0 Å². The van der Waals surface area contributed by atoms with Gasteiger partial charge in [-0.3, -0.25) is 9.78 Å². The van der Waals surface area contributed by atoms with Crippen molar-refractivity contribution in [1.29, 1.82) is 0 Å². The highest BCUT2D eigenvalue weighted by atomic mass is 35.5. The smallest absolute Gasteiger partial charge is 0.255 e. The molecule has 0 aliphatic heterocycles. The quantitative estimate of drug-likeness (QED) is 0.880. The van der Waals surface area contributed by atoms with Crippen molar-refractivity contribution in [2.45, 2.75) is 6.42 Å². The van der Waals surface area contributed by atoms with Crippen LogP contribution in [0.4, 0.5) is 5.69 Å². The summed E-state index contributed by atoms with van der Waals surface area (Å²) in [5, 5.41) is 0.417. The molecule has 1 aromatic heterocycles. The van der Waals surface area contributed by atoms with Crippen LogP contribution < -0.4 is 5.73 Å². The maximum Gasteiger partial charge on any atom is 0.255 e. The zero-order chi connectivity index (χ0) is 14.5. The molecular weight excluding hydrogens is 274 g/mol. The summed E-state index contributed by atoms with van der Waals surface area (Å²) in [6.07, 6.45) is 4.25. The van der Waals surface area contributed by atoms with E-state index in [9.17, 15) is 4.79 Å². The molecule has 4 nitrogen and oxygen atoms in total. The summed E-state index contributed by atoms with van der Waals surface area (Å²) in [6, 6.07) is 8.79. The second kappa shape index (κ2) is 6.39. The van der Waals surface area contributed by atoms with Crippen molar-refractivity contribution in [1.82, 2.24) is 9.88 Å². The van der Waals surface area contributed by atoms with E-state index in [0.29, 0.717) is 22.8 Å². The van der Waals surface area contributed by atoms with E-state index in [0.717, 1.165) is 12.0 Å². The Balaban J connectivity index is 2.03. The molecule has 1 heterocycles. The second-order valence-corrected chi connectivity index (χ2v) is 4.98. The zero-order valence-electron chi connectivity index (χ0n) is 11.2. The summed E-state index contributed by atoms with van der Waals surface area (Å²) in [4.78, 5) is 17.9. The van der Waals surface area contributed by atoms with Gasteiger partial charge in [0.15, 0.2) is 0 Å². The van der Waals surface area contributed by atoms with Crippen molar-refractivity contribution < 1.29 is 4.79 Å². The second-order valence-electron chi connectivity index (χ2n) is 4.57. The molecule has 5 heteroatoms. The van der Waals surface area contributed by atoms with Crippen molar-refractivity contribution in [3.63, 3.8) is 0 Å². The van der Waals surface area contributed by atoms with Crippen LogP contribution in [0.1, 0.15) is 15.9 Å². The largest absolute Gasteiger partial charge is 0.399 e. The number of aromatic nitrogens is 1. The summed E-state index contributed by atoms with van der Waals surface area (Å²) in [6.45, 7) is 0.605. The van der Waals surface area contributed by atoms with Crippen LogP contribution in [0.2, 0.25) is 5.02 Å². The number of likely N-dealkylation sites (N-methyl/N-ethyl adjacent to an activating group) is 1. The van der Waals surface area contributed by atoms with Crippen LogP contribution in [0.25, 0.3) is 0 Å². The van der Waals surface area contributed by atoms with Gasteiger partial charge in [0.25, 0.3) is 5.91 Å².